The average Bonchev–Trinajstić information content (AvgIpc) is 2.97. The maximum Gasteiger partial charge on any atom is 0.416 e. The molecule has 0 atom stereocenters. The highest BCUT2D eigenvalue weighted by Crippen LogP contribution is 2.33. The molecule has 0 aliphatic rings. The van der Waals surface area contributed by atoms with E-state index >= 15 is 0 Å². The average molecular weight is 346 g/mol. The summed E-state index contributed by atoms with van der Waals surface area (Å²) in [6.45, 7) is 3.52. The summed E-state index contributed by atoms with van der Waals surface area (Å²) in [5, 5.41) is 11.8. The molecule has 0 saturated carbocycles. The Balaban J connectivity index is 2.37. The summed E-state index contributed by atoms with van der Waals surface area (Å²) in [6, 6.07) is 6.57. The molecule has 3 rings (SSSR count). The Hall–Kier alpha value is -3.08. The Labute approximate surface area is 140 Å². The van der Waals surface area contributed by atoms with Crippen molar-refractivity contribution in [1.29, 1.82) is 5.26 Å². The molecule has 1 aromatic carbocycles. The number of nitriles is 1. The summed E-state index contributed by atoms with van der Waals surface area (Å²) in [5.41, 5.74) is -0.413. The van der Waals surface area contributed by atoms with E-state index in [2.05, 4.69) is 10.1 Å². The molecule has 2 heterocycles. The first kappa shape index (κ1) is 16.8. The zero-order valence-corrected chi connectivity index (χ0v) is 13.3. The molecule has 1 N–H and O–H groups in total. The summed E-state index contributed by atoms with van der Waals surface area (Å²) >= 11 is 0. The Kier molecular flexibility index (Phi) is 3.87. The Morgan fingerprint density at radius 2 is 2.04 bits per heavy atom. The highest BCUT2D eigenvalue weighted by Gasteiger charge is 2.31. The fourth-order valence-corrected chi connectivity index (χ4v) is 2.69. The van der Waals surface area contributed by atoms with E-state index < -0.39 is 17.3 Å². The lowest BCUT2D eigenvalue weighted by Gasteiger charge is -2.13. The lowest BCUT2D eigenvalue weighted by molar-refractivity contribution is -0.137. The number of H-pyrrole nitrogens is 1. The van der Waals surface area contributed by atoms with Gasteiger partial charge in [0.25, 0.3) is 5.56 Å². The number of halogens is 3. The van der Waals surface area contributed by atoms with Crippen LogP contribution in [-0.2, 0) is 6.18 Å². The quantitative estimate of drug-likeness (QED) is 0.769. The molecule has 0 saturated heterocycles. The predicted molar refractivity (Wildman–Crippen MR) is 85.1 cm³/mol. The largest absolute Gasteiger partial charge is 0.416 e. The molecule has 2 aromatic heterocycles. The van der Waals surface area contributed by atoms with Crippen molar-refractivity contribution in [2.75, 3.05) is 0 Å². The van der Waals surface area contributed by atoms with Crippen molar-refractivity contribution in [3.8, 4) is 17.3 Å². The minimum absolute atomic E-state index is 0.0873. The minimum atomic E-state index is -4.50. The molecular weight excluding hydrogens is 333 g/mol. The van der Waals surface area contributed by atoms with E-state index in [4.69, 9.17) is 5.26 Å². The van der Waals surface area contributed by atoms with Gasteiger partial charge in [-0.1, -0.05) is 26.0 Å². The monoisotopic (exact) mass is 346 g/mol. The van der Waals surface area contributed by atoms with Crippen molar-refractivity contribution in [2.24, 2.45) is 0 Å². The SMILES string of the molecule is CC(C)c1c(-c2cccc(C(F)(F)F)c2)nc2c(C#N)c[nH]n2c1=O. The molecule has 0 amide bonds. The predicted octanol–water partition coefficient (Wildman–Crippen LogP) is 3.70. The molecule has 128 valence electrons. The van der Waals surface area contributed by atoms with Crippen LogP contribution in [0.2, 0.25) is 0 Å². The first-order valence-corrected chi connectivity index (χ1v) is 7.45. The number of aromatic amines is 1. The lowest BCUT2D eigenvalue weighted by atomic mass is 9.97. The number of aromatic nitrogens is 3. The Morgan fingerprint density at radius 1 is 1.32 bits per heavy atom. The van der Waals surface area contributed by atoms with Crippen molar-refractivity contribution < 1.29 is 13.2 Å². The first-order chi connectivity index (χ1) is 11.7. The number of nitrogens with zero attached hydrogens (tertiary/aromatic N) is 3. The van der Waals surface area contributed by atoms with E-state index in [1.54, 1.807) is 13.8 Å². The molecular formula is C17H13F3N4O. The van der Waals surface area contributed by atoms with Crippen LogP contribution in [0.3, 0.4) is 0 Å². The van der Waals surface area contributed by atoms with E-state index in [-0.39, 0.29) is 33.9 Å². The van der Waals surface area contributed by atoms with E-state index in [0.29, 0.717) is 0 Å². The normalized spacial score (nSPS) is 11.9. The van der Waals surface area contributed by atoms with Gasteiger partial charge in [-0.15, -0.1) is 0 Å². The highest BCUT2D eigenvalue weighted by atomic mass is 19.4. The molecule has 3 aromatic rings. The Bertz CT molecular complexity index is 1050. The van der Waals surface area contributed by atoms with Gasteiger partial charge in [0.15, 0.2) is 5.65 Å². The van der Waals surface area contributed by atoms with Crippen LogP contribution in [0, 0.1) is 11.3 Å². The van der Waals surface area contributed by atoms with Gasteiger partial charge in [-0.3, -0.25) is 9.89 Å². The molecule has 0 spiro atoms. The zero-order chi connectivity index (χ0) is 18.4. The molecule has 0 radical (unpaired) electrons. The topological polar surface area (TPSA) is 73.9 Å². The molecule has 0 fully saturated rings. The molecule has 25 heavy (non-hydrogen) atoms. The van der Waals surface area contributed by atoms with Gasteiger partial charge >= 0.3 is 6.18 Å². The summed E-state index contributed by atoms with van der Waals surface area (Å²) in [6.07, 6.45) is -3.16. The summed E-state index contributed by atoms with van der Waals surface area (Å²) in [7, 11) is 0. The number of hydrogen-bond donors (Lipinski definition) is 1. The third-order valence-corrected chi connectivity index (χ3v) is 3.86. The van der Waals surface area contributed by atoms with Gasteiger partial charge in [0.2, 0.25) is 0 Å². The van der Waals surface area contributed by atoms with E-state index in [1.165, 1.54) is 18.3 Å². The van der Waals surface area contributed by atoms with Gasteiger partial charge in [0.05, 0.1) is 11.3 Å². The second-order valence-electron chi connectivity index (χ2n) is 5.87. The summed E-state index contributed by atoms with van der Waals surface area (Å²) in [4.78, 5) is 17.1. The van der Waals surface area contributed by atoms with E-state index in [0.717, 1.165) is 16.6 Å². The number of nitrogens with one attached hydrogen (secondary N) is 1. The number of alkyl halides is 3. The van der Waals surface area contributed by atoms with Crippen molar-refractivity contribution >= 4 is 5.65 Å². The summed E-state index contributed by atoms with van der Waals surface area (Å²) < 4.78 is 40.2. The van der Waals surface area contributed by atoms with Crippen molar-refractivity contribution in [1.82, 2.24) is 14.6 Å². The van der Waals surface area contributed by atoms with E-state index in [1.807, 2.05) is 6.07 Å². The van der Waals surface area contributed by atoms with Gasteiger partial charge in [-0.05, 0) is 18.1 Å². The van der Waals surface area contributed by atoms with Crippen LogP contribution < -0.4 is 5.56 Å². The second kappa shape index (κ2) is 5.77. The van der Waals surface area contributed by atoms with Crippen LogP contribution in [0.25, 0.3) is 16.9 Å². The standard InChI is InChI=1S/C17H13F3N4O/c1-9(2)13-14(10-4-3-5-12(6-10)17(18,19)20)23-15-11(7-21)8-22-24(15)16(13)25/h3-6,8-9,22H,1-2H3. The molecule has 0 bridgehead atoms. The third-order valence-electron chi connectivity index (χ3n) is 3.86. The number of rotatable bonds is 2. The summed E-state index contributed by atoms with van der Waals surface area (Å²) in [5.74, 6) is -0.268. The Morgan fingerprint density at radius 3 is 2.64 bits per heavy atom. The fourth-order valence-electron chi connectivity index (χ4n) is 2.69. The van der Waals surface area contributed by atoms with Crippen LogP contribution in [0.15, 0.2) is 35.3 Å². The van der Waals surface area contributed by atoms with E-state index in [9.17, 15) is 18.0 Å². The second-order valence-corrected chi connectivity index (χ2v) is 5.87. The molecule has 8 heteroatoms. The fraction of sp³-hybridized carbons (Fsp3) is 0.235. The zero-order valence-electron chi connectivity index (χ0n) is 13.3. The third kappa shape index (κ3) is 2.78. The number of hydrogen-bond acceptors (Lipinski definition) is 3. The van der Waals surface area contributed by atoms with Gasteiger partial charge in [0, 0.05) is 17.3 Å². The van der Waals surface area contributed by atoms with Crippen molar-refractivity contribution in [3.63, 3.8) is 0 Å². The molecule has 0 aliphatic heterocycles. The van der Waals surface area contributed by atoms with Crippen LogP contribution in [-0.4, -0.2) is 14.6 Å². The number of fused-ring (bicyclic) bond motifs is 1. The van der Waals surface area contributed by atoms with Crippen LogP contribution >= 0.6 is 0 Å². The lowest BCUT2D eigenvalue weighted by Crippen LogP contribution is -2.22. The maximum absolute atomic E-state index is 13.0. The van der Waals surface area contributed by atoms with Crippen LogP contribution in [0.5, 0.6) is 0 Å². The number of benzene rings is 1. The van der Waals surface area contributed by atoms with Gasteiger partial charge in [-0.25, -0.2) is 9.50 Å². The van der Waals surface area contributed by atoms with Gasteiger partial charge in [-0.2, -0.15) is 18.4 Å². The van der Waals surface area contributed by atoms with Crippen LogP contribution in [0.4, 0.5) is 13.2 Å². The smallest absolute Gasteiger partial charge is 0.295 e. The van der Waals surface area contributed by atoms with Gasteiger partial charge < -0.3 is 0 Å². The minimum Gasteiger partial charge on any atom is -0.295 e. The molecule has 5 nitrogen and oxygen atoms in total. The molecule has 0 aliphatic carbocycles. The van der Waals surface area contributed by atoms with Crippen molar-refractivity contribution in [2.45, 2.75) is 25.9 Å². The van der Waals surface area contributed by atoms with Crippen LogP contribution in [0.1, 0.15) is 36.5 Å². The highest BCUT2D eigenvalue weighted by molar-refractivity contribution is 5.68. The molecule has 0 unspecified atom stereocenters. The maximum atomic E-state index is 13.0. The first-order valence-electron chi connectivity index (χ1n) is 7.45. The van der Waals surface area contributed by atoms with Crippen molar-refractivity contribution in [3.05, 3.63) is 57.5 Å². The van der Waals surface area contributed by atoms with Gasteiger partial charge in [0.1, 0.15) is 11.6 Å².